The fourth-order valence-corrected chi connectivity index (χ4v) is 2.58. The summed E-state index contributed by atoms with van der Waals surface area (Å²) in [7, 11) is 1.91. The third-order valence-electron chi connectivity index (χ3n) is 3.70. The molecule has 0 bridgehead atoms. The summed E-state index contributed by atoms with van der Waals surface area (Å²) in [5.74, 6) is 0.778. The highest BCUT2D eigenvalue weighted by molar-refractivity contribution is 5.34. The van der Waals surface area contributed by atoms with Crippen molar-refractivity contribution in [3.8, 4) is 0 Å². The molecule has 0 unspecified atom stereocenters. The molecule has 1 fully saturated rings. The number of hydrogen-bond donors (Lipinski definition) is 1. The molecular weight excluding hydrogens is 174 g/mol. The Morgan fingerprint density at radius 1 is 1.50 bits per heavy atom. The van der Waals surface area contributed by atoms with E-state index in [2.05, 4.69) is 18.1 Å². The standard InChI is InChI=1S/C11H19N3/c1-3-11(6-4-5-7-11)9-8-10(12)14(2)13-9/h8H,3-7,12H2,1-2H3. The Kier molecular flexibility index (Phi) is 2.25. The second kappa shape index (κ2) is 3.30. The molecular formula is C11H19N3. The quantitative estimate of drug-likeness (QED) is 0.782. The van der Waals surface area contributed by atoms with Crippen LogP contribution in [-0.4, -0.2) is 9.78 Å². The van der Waals surface area contributed by atoms with Crippen LogP contribution in [0.2, 0.25) is 0 Å². The molecule has 3 heteroatoms. The van der Waals surface area contributed by atoms with Gasteiger partial charge in [-0.05, 0) is 19.3 Å². The van der Waals surface area contributed by atoms with Crippen LogP contribution in [0.3, 0.4) is 0 Å². The lowest BCUT2D eigenvalue weighted by atomic mass is 9.80. The zero-order chi connectivity index (χ0) is 10.2. The second-order valence-electron chi connectivity index (χ2n) is 4.42. The first kappa shape index (κ1) is 9.56. The molecule has 1 aliphatic carbocycles. The lowest BCUT2D eigenvalue weighted by Gasteiger charge is -2.24. The average molecular weight is 193 g/mol. The van der Waals surface area contributed by atoms with E-state index in [1.165, 1.54) is 37.8 Å². The van der Waals surface area contributed by atoms with Gasteiger partial charge in [-0.1, -0.05) is 19.8 Å². The Morgan fingerprint density at radius 3 is 2.57 bits per heavy atom. The van der Waals surface area contributed by atoms with E-state index in [-0.39, 0.29) is 0 Å². The minimum absolute atomic E-state index is 0.329. The maximum absolute atomic E-state index is 5.82. The van der Waals surface area contributed by atoms with Crippen LogP contribution in [-0.2, 0) is 12.5 Å². The molecule has 78 valence electrons. The van der Waals surface area contributed by atoms with Crippen molar-refractivity contribution >= 4 is 5.82 Å². The van der Waals surface area contributed by atoms with Crippen LogP contribution in [0.4, 0.5) is 5.82 Å². The van der Waals surface area contributed by atoms with Crippen molar-refractivity contribution in [2.24, 2.45) is 7.05 Å². The van der Waals surface area contributed by atoms with Crippen LogP contribution in [0, 0.1) is 0 Å². The molecule has 0 saturated heterocycles. The Bertz CT molecular complexity index is 302. The summed E-state index contributed by atoms with van der Waals surface area (Å²) in [6, 6.07) is 2.05. The van der Waals surface area contributed by atoms with Crippen LogP contribution in [0.15, 0.2) is 6.07 Å². The zero-order valence-electron chi connectivity index (χ0n) is 9.08. The predicted octanol–water partition coefficient (Wildman–Crippen LogP) is 2.22. The fraction of sp³-hybridized carbons (Fsp3) is 0.727. The molecule has 1 heterocycles. The normalized spacial score (nSPS) is 20.1. The number of nitrogens with zero attached hydrogens (tertiary/aromatic N) is 2. The lowest BCUT2D eigenvalue weighted by Crippen LogP contribution is -2.21. The Labute approximate surface area is 85.3 Å². The molecule has 0 atom stereocenters. The van der Waals surface area contributed by atoms with Crippen molar-refractivity contribution in [1.82, 2.24) is 9.78 Å². The van der Waals surface area contributed by atoms with Crippen molar-refractivity contribution < 1.29 is 0 Å². The van der Waals surface area contributed by atoms with Crippen molar-refractivity contribution in [3.63, 3.8) is 0 Å². The van der Waals surface area contributed by atoms with E-state index in [9.17, 15) is 0 Å². The second-order valence-corrected chi connectivity index (χ2v) is 4.42. The summed E-state index contributed by atoms with van der Waals surface area (Å²) in [6.07, 6.45) is 6.41. The van der Waals surface area contributed by atoms with Crippen LogP contribution < -0.4 is 5.73 Å². The molecule has 1 saturated carbocycles. The van der Waals surface area contributed by atoms with Crippen LogP contribution in [0.5, 0.6) is 0 Å². The SMILES string of the molecule is CCC1(c2cc(N)n(C)n2)CCCC1. The summed E-state index contributed by atoms with van der Waals surface area (Å²) in [5, 5.41) is 4.53. The average Bonchev–Trinajstić information content (AvgIpc) is 2.75. The van der Waals surface area contributed by atoms with E-state index in [0.717, 1.165) is 5.82 Å². The molecule has 3 nitrogen and oxygen atoms in total. The molecule has 1 aliphatic rings. The van der Waals surface area contributed by atoms with Crippen LogP contribution in [0.25, 0.3) is 0 Å². The van der Waals surface area contributed by atoms with Gasteiger partial charge in [0.05, 0.1) is 5.69 Å². The van der Waals surface area contributed by atoms with Crippen molar-refractivity contribution in [2.75, 3.05) is 5.73 Å². The van der Waals surface area contributed by atoms with Crippen LogP contribution >= 0.6 is 0 Å². The number of aromatic nitrogens is 2. The van der Waals surface area contributed by atoms with E-state index in [0.29, 0.717) is 5.41 Å². The molecule has 1 aromatic heterocycles. The maximum Gasteiger partial charge on any atom is 0.121 e. The Balaban J connectivity index is 2.36. The molecule has 0 spiro atoms. The van der Waals surface area contributed by atoms with E-state index in [1.54, 1.807) is 4.68 Å². The molecule has 1 aromatic rings. The van der Waals surface area contributed by atoms with E-state index in [1.807, 2.05) is 7.05 Å². The summed E-state index contributed by atoms with van der Waals surface area (Å²) in [5.41, 5.74) is 7.36. The maximum atomic E-state index is 5.82. The van der Waals surface area contributed by atoms with Gasteiger partial charge in [0.1, 0.15) is 5.82 Å². The minimum atomic E-state index is 0.329. The molecule has 2 rings (SSSR count). The predicted molar refractivity (Wildman–Crippen MR) is 58.1 cm³/mol. The van der Waals surface area contributed by atoms with Gasteiger partial charge in [0.15, 0.2) is 0 Å². The highest BCUT2D eigenvalue weighted by Gasteiger charge is 2.36. The van der Waals surface area contributed by atoms with E-state index >= 15 is 0 Å². The Hall–Kier alpha value is -0.990. The topological polar surface area (TPSA) is 43.8 Å². The minimum Gasteiger partial charge on any atom is -0.384 e. The number of anilines is 1. The largest absolute Gasteiger partial charge is 0.384 e. The number of aryl methyl sites for hydroxylation is 1. The van der Waals surface area contributed by atoms with Gasteiger partial charge in [0, 0.05) is 18.5 Å². The molecule has 0 aliphatic heterocycles. The summed E-state index contributed by atoms with van der Waals surface area (Å²) in [4.78, 5) is 0. The van der Waals surface area contributed by atoms with Crippen molar-refractivity contribution in [2.45, 2.75) is 44.4 Å². The molecule has 0 amide bonds. The van der Waals surface area contributed by atoms with Crippen molar-refractivity contribution in [3.05, 3.63) is 11.8 Å². The van der Waals surface area contributed by atoms with E-state index in [4.69, 9.17) is 5.73 Å². The molecule has 2 N–H and O–H groups in total. The number of nitrogens with two attached hydrogens (primary N) is 1. The highest BCUT2D eigenvalue weighted by Crippen LogP contribution is 2.43. The highest BCUT2D eigenvalue weighted by atomic mass is 15.3. The Morgan fingerprint density at radius 2 is 2.14 bits per heavy atom. The number of rotatable bonds is 2. The third-order valence-corrected chi connectivity index (χ3v) is 3.70. The molecule has 0 aromatic carbocycles. The van der Waals surface area contributed by atoms with Gasteiger partial charge in [-0.3, -0.25) is 4.68 Å². The molecule has 0 radical (unpaired) electrons. The lowest BCUT2D eigenvalue weighted by molar-refractivity contribution is 0.407. The van der Waals surface area contributed by atoms with Gasteiger partial charge in [0.25, 0.3) is 0 Å². The first-order chi connectivity index (χ1) is 6.68. The summed E-state index contributed by atoms with van der Waals surface area (Å²) >= 11 is 0. The fourth-order valence-electron chi connectivity index (χ4n) is 2.58. The third kappa shape index (κ3) is 1.31. The van der Waals surface area contributed by atoms with Crippen LogP contribution in [0.1, 0.15) is 44.7 Å². The first-order valence-electron chi connectivity index (χ1n) is 5.48. The van der Waals surface area contributed by atoms with Gasteiger partial charge < -0.3 is 5.73 Å². The smallest absolute Gasteiger partial charge is 0.121 e. The summed E-state index contributed by atoms with van der Waals surface area (Å²) in [6.45, 7) is 2.26. The van der Waals surface area contributed by atoms with Gasteiger partial charge in [-0.25, -0.2) is 0 Å². The van der Waals surface area contributed by atoms with Gasteiger partial charge >= 0.3 is 0 Å². The van der Waals surface area contributed by atoms with E-state index < -0.39 is 0 Å². The summed E-state index contributed by atoms with van der Waals surface area (Å²) < 4.78 is 1.78. The van der Waals surface area contributed by atoms with Gasteiger partial charge in [-0.15, -0.1) is 0 Å². The van der Waals surface area contributed by atoms with Gasteiger partial charge in [0.2, 0.25) is 0 Å². The zero-order valence-corrected chi connectivity index (χ0v) is 9.08. The molecule has 14 heavy (non-hydrogen) atoms. The number of nitrogen functional groups attached to an aromatic ring is 1. The van der Waals surface area contributed by atoms with Gasteiger partial charge in [-0.2, -0.15) is 5.10 Å². The monoisotopic (exact) mass is 193 g/mol. The first-order valence-corrected chi connectivity index (χ1v) is 5.48. The number of hydrogen-bond acceptors (Lipinski definition) is 2. The van der Waals surface area contributed by atoms with Crippen molar-refractivity contribution in [1.29, 1.82) is 0 Å².